The van der Waals surface area contributed by atoms with E-state index < -0.39 is 0 Å². The highest BCUT2D eigenvalue weighted by Gasteiger charge is 2.17. The molecule has 0 amide bonds. The number of aromatic nitrogens is 3. The number of ether oxygens (including phenoxy) is 1. The van der Waals surface area contributed by atoms with Gasteiger partial charge < -0.3 is 14.6 Å². The minimum atomic E-state index is -0.311. The van der Waals surface area contributed by atoms with Crippen molar-refractivity contribution < 1.29 is 9.13 Å². The Morgan fingerprint density at radius 1 is 0.903 bits per heavy atom. The molecule has 152 valence electrons. The van der Waals surface area contributed by atoms with Crippen LogP contribution in [0.3, 0.4) is 0 Å². The number of methoxy groups -OCH3 is 1. The maximum Gasteiger partial charge on any atom is 0.150 e. The molecule has 0 spiro atoms. The normalized spacial score (nSPS) is 10.9. The second-order valence-corrected chi connectivity index (χ2v) is 7.03. The molecule has 0 atom stereocenters. The van der Waals surface area contributed by atoms with Crippen LogP contribution in [0.4, 0.5) is 15.9 Å². The number of halogens is 1. The lowest BCUT2D eigenvalue weighted by Gasteiger charge is -2.09. The topological polar surface area (TPSA) is 52.0 Å². The van der Waals surface area contributed by atoms with Crippen LogP contribution in [0.5, 0.6) is 5.75 Å². The van der Waals surface area contributed by atoms with Gasteiger partial charge in [-0.1, -0.05) is 36.4 Å². The quantitative estimate of drug-likeness (QED) is 0.387. The van der Waals surface area contributed by atoms with Crippen molar-refractivity contribution in [3.63, 3.8) is 0 Å². The number of nitrogens with one attached hydrogen (secondary N) is 1. The average molecular weight is 410 g/mol. The van der Waals surface area contributed by atoms with Crippen LogP contribution in [-0.4, -0.2) is 21.6 Å². The molecule has 5 nitrogen and oxygen atoms in total. The average Bonchev–Trinajstić information content (AvgIpc) is 3.21. The van der Waals surface area contributed by atoms with Crippen LogP contribution in [-0.2, 0) is 0 Å². The first-order valence-corrected chi connectivity index (χ1v) is 9.81. The highest BCUT2D eigenvalue weighted by atomic mass is 19.1. The van der Waals surface area contributed by atoms with Gasteiger partial charge in [0, 0.05) is 23.1 Å². The van der Waals surface area contributed by atoms with Crippen molar-refractivity contribution in [3.05, 3.63) is 97.2 Å². The van der Waals surface area contributed by atoms with Crippen molar-refractivity contribution in [1.29, 1.82) is 0 Å². The van der Waals surface area contributed by atoms with Gasteiger partial charge in [-0.25, -0.2) is 14.4 Å². The summed E-state index contributed by atoms with van der Waals surface area (Å²) in [5, 5.41) is 4.11. The van der Waals surface area contributed by atoms with E-state index >= 15 is 0 Å². The van der Waals surface area contributed by atoms with Gasteiger partial charge in [0.2, 0.25) is 0 Å². The predicted molar refractivity (Wildman–Crippen MR) is 121 cm³/mol. The highest BCUT2D eigenvalue weighted by Crippen LogP contribution is 2.36. The molecular formula is C25H19FN4O. The second-order valence-electron chi connectivity index (χ2n) is 7.03. The molecule has 0 saturated carbocycles. The number of hydrogen-bond donors (Lipinski definition) is 1. The fourth-order valence-corrected chi connectivity index (χ4v) is 3.64. The summed E-state index contributed by atoms with van der Waals surface area (Å²) in [4.78, 5) is 9.05. The predicted octanol–water partition coefficient (Wildman–Crippen LogP) is 5.98. The number of nitrogens with zero attached hydrogens (tertiary/aromatic N) is 3. The van der Waals surface area contributed by atoms with Gasteiger partial charge in [0.05, 0.1) is 12.5 Å². The van der Waals surface area contributed by atoms with E-state index in [1.807, 2.05) is 65.4 Å². The molecule has 0 saturated heterocycles. The van der Waals surface area contributed by atoms with Crippen molar-refractivity contribution in [2.75, 3.05) is 12.4 Å². The molecule has 2 heterocycles. The van der Waals surface area contributed by atoms with Crippen molar-refractivity contribution >= 4 is 22.5 Å². The fraction of sp³-hybridized carbons (Fsp3) is 0.0400. The van der Waals surface area contributed by atoms with Gasteiger partial charge in [-0.05, 0) is 48.0 Å². The number of hydrogen-bond acceptors (Lipinski definition) is 4. The molecule has 1 N–H and O–H groups in total. The van der Waals surface area contributed by atoms with Crippen LogP contribution in [0.2, 0.25) is 0 Å². The molecule has 6 heteroatoms. The van der Waals surface area contributed by atoms with Gasteiger partial charge in [-0.3, -0.25) is 0 Å². The third-order valence-corrected chi connectivity index (χ3v) is 5.11. The third-order valence-electron chi connectivity index (χ3n) is 5.11. The lowest BCUT2D eigenvalue weighted by molar-refractivity contribution is 0.415. The van der Waals surface area contributed by atoms with Crippen LogP contribution in [0.25, 0.3) is 27.8 Å². The molecule has 0 bridgehead atoms. The Kier molecular flexibility index (Phi) is 4.80. The zero-order valence-electron chi connectivity index (χ0n) is 16.8. The Bertz CT molecular complexity index is 1350. The lowest BCUT2D eigenvalue weighted by atomic mass is 10.1. The molecule has 0 radical (unpaired) electrons. The first-order chi connectivity index (χ1) is 15.2. The molecule has 0 aliphatic heterocycles. The van der Waals surface area contributed by atoms with E-state index in [4.69, 9.17) is 4.74 Å². The summed E-state index contributed by atoms with van der Waals surface area (Å²) >= 11 is 0. The molecule has 31 heavy (non-hydrogen) atoms. The van der Waals surface area contributed by atoms with E-state index in [0.717, 1.165) is 33.6 Å². The zero-order valence-corrected chi connectivity index (χ0v) is 16.8. The number of anilines is 2. The maximum absolute atomic E-state index is 13.7. The summed E-state index contributed by atoms with van der Waals surface area (Å²) in [6, 6.07) is 24.2. The molecule has 5 aromatic rings. The molecule has 3 aromatic carbocycles. The van der Waals surface area contributed by atoms with Crippen molar-refractivity contribution in [3.8, 4) is 22.6 Å². The van der Waals surface area contributed by atoms with Crippen LogP contribution in [0, 0.1) is 5.82 Å². The van der Waals surface area contributed by atoms with Crippen LogP contribution >= 0.6 is 0 Å². The van der Waals surface area contributed by atoms with Gasteiger partial charge >= 0.3 is 0 Å². The largest absolute Gasteiger partial charge is 0.497 e. The summed E-state index contributed by atoms with van der Waals surface area (Å²) in [5.41, 5.74) is 4.33. The van der Waals surface area contributed by atoms with Crippen LogP contribution in [0.15, 0.2) is 91.4 Å². The van der Waals surface area contributed by atoms with Gasteiger partial charge in [0.1, 0.15) is 23.7 Å². The Morgan fingerprint density at radius 2 is 1.71 bits per heavy atom. The summed E-state index contributed by atoms with van der Waals surface area (Å²) in [6.07, 6.45) is 3.56. The Labute approximate surface area is 178 Å². The molecule has 0 aliphatic carbocycles. The first kappa shape index (κ1) is 18.8. The summed E-state index contributed by atoms with van der Waals surface area (Å²) in [5.74, 6) is 1.09. The Balaban J connectivity index is 1.72. The molecule has 0 fully saturated rings. The van der Waals surface area contributed by atoms with Crippen molar-refractivity contribution in [2.45, 2.75) is 0 Å². The summed E-state index contributed by atoms with van der Waals surface area (Å²) in [6.45, 7) is 0. The van der Waals surface area contributed by atoms with E-state index in [-0.39, 0.29) is 5.82 Å². The molecule has 0 unspecified atom stereocenters. The Hall–Kier alpha value is -4.19. The standard InChI is InChI=1S/C25H19FN4O/c1-31-21-12-10-20(11-13-21)30-15-22(17-6-3-2-4-7-17)23-24(27-16-28-25(23)30)29-19-9-5-8-18(26)14-19/h2-16H,1H3,(H,27,28,29). The van der Waals surface area contributed by atoms with E-state index in [1.54, 1.807) is 19.2 Å². The number of fused-ring (bicyclic) bond motifs is 1. The van der Waals surface area contributed by atoms with Gasteiger partial charge in [0.25, 0.3) is 0 Å². The van der Waals surface area contributed by atoms with Crippen molar-refractivity contribution in [1.82, 2.24) is 14.5 Å². The fourth-order valence-electron chi connectivity index (χ4n) is 3.64. The Morgan fingerprint density at radius 3 is 2.45 bits per heavy atom. The highest BCUT2D eigenvalue weighted by molar-refractivity contribution is 6.03. The monoisotopic (exact) mass is 410 g/mol. The minimum Gasteiger partial charge on any atom is -0.497 e. The smallest absolute Gasteiger partial charge is 0.150 e. The molecule has 2 aromatic heterocycles. The van der Waals surface area contributed by atoms with Crippen LogP contribution in [0.1, 0.15) is 0 Å². The second kappa shape index (κ2) is 7.91. The SMILES string of the molecule is COc1ccc(-n2cc(-c3ccccc3)c3c(Nc4cccc(F)c4)ncnc32)cc1. The summed E-state index contributed by atoms with van der Waals surface area (Å²) < 4.78 is 21.0. The van der Waals surface area contributed by atoms with E-state index in [9.17, 15) is 4.39 Å². The van der Waals surface area contributed by atoms with Gasteiger partial charge in [-0.2, -0.15) is 0 Å². The van der Waals surface area contributed by atoms with E-state index in [1.165, 1.54) is 18.5 Å². The van der Waals surface area contributed by atoms with E-state index in [0.29, 0.717) is 11.5 Å². The maximum atomic E-state index is 13.7. The van der Waals surface area contributed by atoms with E-state index in [2.05, 4.69) is 15.3 Å². The van der Waals surface area contributed by atoms with Gasteiger partial charge in [-0.15, -0.1) is 0 Å². The number of benzene rings is 3. The van der Waals surface area contributed by atoms with Crippen LogP contribution < -0.4 is 10.1 Å². The number of rotatable bonds is 5. The van der Waals surface area contributed by atoms with Gasteiger partial charge in [0.15, 0.2) is 5.65 Å². The van der Waals surface area contributed by atoms with Crippen molar-refractivity contribution in [2.24, 2.45) is 0 Å². The molecule has 5 rings (SSSR count). The molecular weight excluding hydrogens is 391 g/mol. The minimum absolute atomic E-state index is 0.311. The molecule has 0 aliphatic rings. The zero-order chi connectivity index (χ0) is 21.2. The third kappa shape index (κ3) is 3.59. The first-order valence-electron chi connectivity index (χ1n) is 9.81. The lowest BCUT2D eigenvalue weighted by Crippen LogP contribution is -1.98. The summed E-state index contributed by atoms with van der Waals surface area (Å²) in [7, 11) is 1.64.